The molecule has 2 N–H and O–H groups in total. The molecule has 1 aromatic rings. The van der Waals surface area contributed by atoms with E-state index in [4.69, 9.17) is 4.74 Å². The van der Waals surface area contributed by atoms with E-state index in [1.807, 2.05) is 0 Å². The van der Waals surface area contributed by atoms with Crippen LogP contribution >= 0.6 is 0 Å². The number of ether oxygens (including phenoxy) is 1. The molecule has 0 saturated carbocycles. The minimum atomic E-state index is -0.501. The van der Waals surface area contributed by atoms with Gasteiger partial charge in [0.25, 0.3) is 5.91 Å². The number of hydrogen-bond acceptors (Lipinski definition) is 4. The molecule has 0 aliphatic heterocycles. The van der Waals surface area contributed by atoms with Gasteiger partial charge in [-0.05, 0) is 44.3 Å². The SMILES string of the molecule is CCOC(=O)Nc1ccc(C(=O)NCCN(CC)CC)cc1. The largest absolute Gasteiger partial charge is 0.450 e. The van der Waals surface area contributed by atoms with E-state index in [9.17, 15) is 9.59 Å². The smallest absolute Gasteiger partial charge is 0.411 e. The third-order valence-electron chi connectivity index (χ3n) is 3.28. The van der Waals surface area contributed by atoms with Gasteiger partial charge in [0, 0.05) is 24.3 Å². The van der Waals surface area contributed by atoms with E-state index in [0.717, 1.165) is 19.6 Å². The molecule has 6 nitrogen and oxygen atoms in total. The molecule has 1 aromatic carbocycles. The van der Waals surface area contributed by atoms with Crippen LogP contribution < -0.4 is 10.6 Å². The van der Waals surface area contributed by atoms with E-state index in [2.05, 4.69) is 29.4 Å². The number of likely N-dealkylation sites (N-methyl/N-ethyl adjacent to an activating group) is 1. The summed E-state index contributed by atoms with van der Waals surface area (Å²) in [6.07, 6.45) is -0.501. The number of rotatable bonds is 8. The summed E-state index contributed by atoms with van der Waals surface area (Å²) >= 11 is 0. The van der Waals surface area contributed by atoms with Crippen molar-refractivity contribution >= 4 is 17.7 Å². The molecule has 0 spiro atoms. The van der Waals surface area contributed by atoms with Gasteiger partial charge < -0.3 is 15.0 Å². The van der Waals surface area contributed by atoms with Gasteiger partial charge in [-0.15, -0.1) is 0 Å². The van der Waals surface area contributed by atoms with E-state index < -0.39 is 6.09 Å². The zero-order valence-electron chi connectivity index (χ0n) is 13.5. The van der Waals surface area contributed by atoms with Crippen molar-refractivity contribution in [1.82, 2.24) is 10.2 Å². The fourth-order valence-electron chi connectivity index (χ4n) is 1.96. The fourth-order valence-corrected chi connectivity index (χ4v) is 1.96. The molecule has 122 valence electrons. The summed E-state index contributed by atoms with van der Waals surface area (Å²) in [6.45, 7) is 9.65. The third-order valence-corrected chi connectivity index (χ3v) is 3.28. The summed E-state index contributed by atoms with van der Waals surface area (Å²) in [4.78, 5) is 25.5. The molecule has 0 aliphatic carbocycles. The molecule has 0 bridgehead atoms. The lowest BCUT2D eigenvalue weighted by Crippen LogP contribution is -2.34. The van der Waals surface area contributed by atoms with Crippen molar-refractivity contribution in [2.45, 2.75) is 20.8 Å². The van der Waals surface area contributed by atoms with E-state index in [0.29, 0.717) is 24.4 Å². The van der Waals surface area contributed by atoms with Gasteiger partial charge in [-0.3, -0.25) is 10.1 Å². The Bertz CT molecular complexity index is 470. The predicted octanol–water partition coefficient (Wildman–Crippen LogP) is 2.33. The first-order valence-electron chi connectivity index (χ1n) is 7.65. The van der Waals surface area contributed by atoms with E-state index in [-0.39, 0.29) is 5.91 Å². The average Bonchev–Trinajstić information content (AvgIpc) is 2.52. The van der Waals surface area contributed by atoms with Gasteiger partial charge >= 0.3 is 6.09 Å². The number of amides is 2. The number of carbonyl (C=O) groups excluding carboxylic acids is 2. The number of hydrogen-bond donors (Lipinski definition) is 2. The van der Waals surface area contributed by atoms with Crippen LogP contribution in [-0.2, 0) is 4.74 Å². The highest BCUT2D eigenvalue weighted by molar-refractivity contribution is 5.95. The van der Waals surface area contributed by atoms with E-state index in [1.54, 1.807) is 31.2 Å². The number of nitrogens with one attached hydrogen (secondary N) is 2. The van der Waals surface area contributed by atoms with Crippen LogP contribution in [0.3, 0.4) is 0 Å². The summed E-state index contributed by atoms with van der Waals surface area (Å²) < 4.78 is 4.79. The Balaban J connectivity index is 2.45. The number of nitrogens with zero attached hydrogens (tertiary/aromatic N) is 1. The quantitative estimate of drug-likeness (QED) is 0.773. The minimum Gasteiger partial charge on any atom is -0.450 e. The Kier molecular flexibility index (Phi) is 7.99. The van der Waals surface area contributed by atoms with Crippen LogP contribution in [0, 0.1) is 0 Å². The number of carbonyl (C=O) groups is 2. The van der Waals surface area contributed by atoms with Crippen LogP contribution in [0.4, 0.5) is 10.5 Å². The van der Waals surface area contributed by atoms with E-state index in [1.165, 1.54) is 0 Å². The lowest BCUT2D eigenvalue weighted by atomic mass is 10.2. The van der Waals surface area contributed by atoms with Crippen LogP contribution in [-0.4, -0.2) is 49.7 Å². The molecule has 6 heteroatoms. The highest BCUT2D eigenvalue weighted by atomic mass is 16.5. The Hall–Kier alpha value is -2.08. The first-order valence-corrected chi connectivity index (χ1v) is 7.65. The molecule has 22 heavy (non-hydrogen) atoms. The highest BCUT2D eigenvalue weighted by Gasteiger charge is 2.07. The van der Waals surface area contributed by atoms with Crippen molar-refractivity contribution in [2.24, 2.45) is 0 Å². The second-order valence-corrected chi connectivity index (χ2v) is 4.71. The second kappa shape index (κ2) is 9.78. The summed E-state index contributed by atoms with van der Waals surface area (Å²) in [6, 6.07) is 6.70. The van der Waals surface area contributed by atoms with Gasteiger partial charge in [-0.2, -0.15) is 0 Å². The van der Waals surface area contributed by atoms with Crippen LogP contribution in [0.15, 0.2) is 24.3 Å². The van der Waals surface area contributed by atoms with Crippen molar-refractivity contribution in [3.63, 3.8) is 0 Å². The molecular formula is C16H25N3O3. The van der Waals surface area contributed by atoms with Crippen LogP contribution in [0.5, 0.6) is 0 Å². The second-order valence-electron chi connectivity index (χ2n) is 4.71. The van der Waals surface area contributed by atoms with Gasteiger partial charge in [0.05, 0.1) is 6.61 Å². The van der Waals surface area contributed by atoms with Gasteiger partial charge in [0.2, 0.25) is 0 Å². The molecule has 0 unspecified atom stereocenters. The maximum atomic E-state index is 12.0. The Labute approximate surface area is 131 Å². The van der Waals surface area contributed by atoms with Gasteiger partial charge in [0.1, 0.15) is 0 Å². The minimum absolute atomic E-state index is 0.116. The first kappa shape index (κ1) is 18.0. The summed E-state index contributed by atoms with van der Waals surface area (Å²) in [5.41, 5.74) is 1.16. The molecule has 0 radical (unpaired) electrons. The molecular weight excluding hydrogens is 282 g/mol. The maximum Gasteiger partial charge on any atom is 0.411 e. The Morgan fingerprint density at radius 1 is 1.09 bits per heavy atom. The predicted molar refractivity (Wildman–Crippen MR) is 87.2 cm³/mol. The summed E-state index contributed by atoms with van der Waals surface area (Å²) in [7, 11) is 0. The molecule has 0 heterocycles. The Morgan fingerprint density at radius 3 is 2.27 bits per heavy atom. The maximum absolute atomic E-state index is 12.0. The van der Waals surface area contributed by atoms with Crippen molar-refractivity contribution in [2.75, 3.05) is 38.1 Å². The summed E-state index contributed by atoms with van der Waals surface area (Å²) in [5.74, 6) is -0.116. The molecule has 0 fully saturated rings. The summed E-state index contributed by atoms with van der Waals surface area (Å²) in [5, 5.41) is 5.47. The van der Waals surface area contributed by atoms with Crippen LogP contribution in [0.1, 0.15) is 31.1 Å². The molecule has 0 aliphatic rings. The fraction of sp³-hybridized carbons (Fsp3) is 0.500. The van der Waals surface area contributed by atoms with Crippen LogP contribution in [0.25, 0.3) is 0 Å². The molecule has 1 rings (SSSR count). The van der Waals surface area contributed by atoms with E-state index >= 15 is 0 Å². The van der Waals surface area contributed by atoms with Crippen molar-refractivity contribution < 1.29 is 14.3 Å². The van der Waals surface area contributed by atoms with Crippen molar-refractivity contribution in [3.05, 3.63) is 29.8 Å². The van der Waals surface area contributed by atoms with Gasteiger partial charge in [-0.1, -0.05) is 13.8 Å². The third kappa shape index (κ3) is 6.13. The lowest BCUT2D eigenvalue weighted by Gasteiger charge is -2.17. The topological polar surface area (TPSA) is 70.7 Å². The highest BCUT2D eigenvalue weighted by Crippen LogP contribution is 2.09. The van der Waals surface area contributed by atoms with Crippen molar-refractivity contribution in [3.8, 4) is 0 Å². The number of anilines is 1. The lowest BCUT2D eigenvalue weighted by molar-refractivity contribution is 0.0949. The first-order chi connectivity index (χ1) is 10.6. The Morgan fingerprint density at radius 2 is 1.73 bits per heavy atom. The molecule has 0 atom stereocenters. The zero-order chi connectivity index (χ0) is 16.4. The standard InChI is InChI=1S/C16H25N3O3/c1-4-19(5-2)12-11-17-15(20)13-7-9-14(10-8-13)18-16(21)22-6-3/h7-10H,4-6,11-12H2,1-3H3,(H,17,20)(H,18,21). The van der Waals surface area contributed by atoms with Crippen molar-refractivity contribution in [1.29, 1.82) is 0 Å². The number of benzene rings is 1. The molecule has 0 saturated heterocycles. The zero-order valence-corrected chi connectivity index (χ0v) is 13.5. The molecule has 2 amide bonds. The monoisotopic (exact) mass is 307 g/mol. The van der Waals surface area contributed by atoms with Gasteiger partial charge in [0.15, 0.2) is 0 Å². The van der Waals surface area contributed by atoms with Gasteiger partial charge in [-0.25, -0.2) is 4.79 Å². The normalized spacial score (nSPS) is 10.4. The average molecular weight is 307 g/mol. The molecule has 0 aromatic heterocycles. The van der Waals surface area contributed by atoms with Crippen LogP contribution in [0.2, 0.25) is 0 Å².